The molecule has 2 saturated heterocycles. The van der Waals surface area contributed by atoms with E-state index in [1.165, 1.54) is 63.7 Å². The normalized spacial score (nSPS) is 24.7. The summed E-state index contributed by atoms with van der Waals surface area (Å²) in [4.78, 5) is 14.7. The van der Waals surface area contributed by atoms with Gasteiger partial charge in [-0.25, -0.2) is 9.97 Å². The standard InChI is InChI=1S/C18H28N4/c1-14-13-17(15-5-4-6-15)20-18(19-14)22-11-7-16(8-12-22)21-9-2-3-10-21/h13,15-16H,2-12H2,1H3. The number of aromatic nitrogens is 2. The van der Waals surface area contributed by atoms with Crippen LogP contribution in [0.5, 0.6) is 0 Å². The Labute approximate surface area is 133 Å². The van der Waals surface area contributed by atoms with Crippen LogP contribution in [-0.4, -0.2) is 47.1 Å². The summed E-state index contributed by atoms with van der Waals surface area (Å²) in [5.74, 6) is 1.68. The van der Waals surface area contributed by atoms with E-state index in [1.54, 1.807) is 0 Å². The largest absolute Gasteiger partial charge is 0.341 e. The Balaban J connectivity index is 1.43. The second kappa shape index (κ2) is 6.15. The van der Waals surface area contributed by atoms with Crippen molar-refractivity contribution in [1.82, 2.24) is 14.9 Å². The summed E-state index contributed by atoms with van der Waals surface area (Å²) in [7, 11) is 0. The minimum absolute atomic E-state index is 0.697. The number of piperidine rings is 1. The molecule has 0 aromatic carbocycles. The molecular formula is C18H28N4. The summed E-state index contributed by atoms with van der Waals surface area (Å²) in [6, 6.07) is 3.00. The lowest BCUT2D eigenvalue weighted by Gasteiger charge is -2.37. The minimum atomic E-state index is 0.697. The molecule has 22 heavy (non-hydrogen) atoms. The Morgan fingerprint density at radius 3 is 2.27 bits per heavy atom. The van der Waals surface area contributed by atoms with Gasteiger partial charge in [0.05, 0.1) is 0 Å². The van der Waals surface area contributed by atoms with Crippen LogP contribution in [0.1, 0.15) is 62.3 Å². The SMILES string of the molecule is Cc1cc(C2CCC2)nc(N2CCC(N3CCCC3)CC2)n1. The Bertz CT molecular complexity index is 512. The second-order valence-electron chi connectivity index (χ2n) is 7.32. The van der Waals surface area contributed by atoms with Crippen LogP contribution in [0.3, 0.4) is 0 Å². The molecule has 0 radical (unpaired) electrons. The molecule has 120 valence electrons. The molecule has 1 aromatic heterocycles. The first-order valence-corrected chi connectivity index (χ1v) is 9.14. The van der Waals surface area contributed by atoms with Crippen molar-refractivity contribution in [2.75, 3.05) is 31.1 Å². The molecule has 0 spiro atoms. The highest BCUT2D eigenvalue weighted by Crippen LogP contribution is 2.36. The van der Waals surface area contributed by atoms with Gasteiger partial charge < -0.3 is 9.80 Å². The average molecular weight is 300 g/mol. The third kappa shape index (κ3) is 2.85. The van der Waals surface area contributed by atoms with E-state index in [1.807, 2.05) is 0 Å². The molecule has 3 aliphatic rings. The third-order valence-corrected chi connectivity index (χ3v) is 5.79. The fourth-order valence-corrected chi connectivity index (χ4v) is 4.17. The summed E-state index contributed by atoms with van der Waals surface area (Å²) in [6.07, 6.45) is 9.33. The van der Waals surface area contributed by atoms with E-state index in [0.29, 0.717) is 5.92 Å². The van der Waals surface area contributed by atoms with Crippen molar-refractivity contribution in [2.24, 2.45) is 0 Å². The van der Waals surface area contributed by atoms with Crippen LogP contribution in [0.4, 0.5) is 5.95 Å². The molecule has 0 bridgehead atoms. The van der Waals surface area contributed by atoms with Gasteiger partial charge in [0.25, 0.3) is 0 Å². The average Bonchev–Trinajstić information content (AvgIpc) is 2.99. The molecule has 4 nitrogen and oxygen atoms in total. The zero-order valence-corrected chi connectivity index (χ0v) is 13.8. The maximum atomic E-state index is 4.90. The van der Waals surface area contributed by atoms with Crippen molar-refractivity contribution in [3.05, 3.63) is 17.5 Å². The highest BCUT2D eigenvalue weighted by molar-refractivity contribution is 5.34. The van der Waals surface area contributed by atoms with Crippen LogP contribution in [0.2, 0.25) is 0 Å². The zero-order chi connectivity index (χ0) is 14.9. The number of hydrogen-bond donors (Lipinski definition) is 0. The lowest BCUT2D eigenvalue weighted by Crippen LogP contribution is -2.44. The molecule has 4 heteroatoms. The number of aryl methyl sites for hydroxylation is 1. The van der Waals surface area contributed by atoms with E-state index in [9.17, 15) is 0 Å². The van der Waals surface area contributed by atoms with Crippen molar-refractivity contribution in [1.29, 1.82) is 0 Å². The fraction of sp³-hybridized carbons (Fsp3) is 0.778. The van der Waals surface area contributed by atoms with Gasteiger partial charge in [0.1, 0.15) is 0 Å². The van der Waals surface area contributed by atoms with Crippen LogP contribution in [0.25, 0.3) is 0 Å². The van der Waals surface area contributed by atoms with Crippen LogP contribution < -0.4 is 4.90 Å². The molecule has 1 aromatic rings. The van der Waals surface area contributed by atoms with Crippen molar-refractivity contribution in [3.8, 4) is 0 Å². The van der Waals surface area contributed by atoms with Crippen LogP contribution >= 0.6 is 0 Å². The number of nitrogens with zero attached hydrogens (tertiary/aromatic N) is 4. The minimum Gasteiger partial charge on any atom is -0.341 e. The molecule has 0 unspecified atom stereocenters. The number of anilines is 1. The third-order valence-electron chi connectivity index (χ3n) is 5.79. The first-order chi connectivity index (χ1) is 10.8. The number of likely N-dealkylation sites (tertiary alicyclic amines) is 1. The first-order valence-electron chi connectivity index (χ1n) is 9.14. The Morgan fingerprint density at radius 2 is 1.64 bits per heavy atom. The monoisotopic (exact) mass is 300 g/mol. The summed E-state index contributed by atoms with van der Waals surface area (Å²) in [5, 5.41) is 0. The van der Waals surface area contributed by atoms with Gasteiger partial charge in [0.2, 0.25) is 5.95 Å². The predicted molar refractivity (Wildman–Crippen MR) is 89.4 cm³/mol. The highest BCUT2D eigenvalue weighted by atomic mass is 15.3. The maximum Gasteiger partial charge on any atom is 0.225 e. The van der Waals surface area contributed by atoms with E-state index in [0.717, 1.165) is 30.8 Å². The van der Waals surface area contributed by atoms with E-state index in [2.05, 4.69) is 22.8 Å². The van der Waals surface area contributed by atoms with Crippen molar-refractivity contribution in [3.63, 3.8) is 0 Å². The second-order valence-corrected chi connectivity index (χ2v) is 7.32. The van der Waals surface area contributed by atoms with Gasteiger partial charge in [-0.1, -0.05) is 6.42 Å². The fourth-order valence-electron chi connectivity index (χ4n) is 4.17. The van der Waals surface area contributed by atoms with Crippen LogP contribution in [-0.2, 0) is 0 Å². The lowest BCUT2D eigenvalue weighted by atomic mass is 9.82. The summed E-state index contributed by atoms with van der Waals surface area (Å²) >= 11 is 0. The predicted octanol–water partition coefficient (Wildman–Crippen LogP) is 3.12. The molecule has 2 aliphatic heterocycles. The van der Waals surface area contributed by atoms with Gasteiger partial charge in [0.15, 0.2) is 0 Å². The maximum absolute atomic E-state index is 4.90. The van der Waals surface area contributed by atoms with Gasteiger partial charge in [-0.15, -0.1) is 0 Å². The van der Waals surface area contributed by atoms with Gasteiger partial charge in [-0.05, 0) is 64.6 Å². The molecule has 0 N–H and O–H groups in total. The Morgan fingerprint density at radius 1 is 0.909 bits per heavy atom. The van der Waals surface area contributed by atoms with E-state index in [-0.39, 0.29) is 0 Å². The molecule has 3 fully saturated rings. The molecule has 1 saturated carbocycles. The summed E-state index contributed by atoms with van der Waals surface area (Å²) in [5.41, 5.74) is 2.42. The highest BCUT2D eigenvalue weighted by Gasteiger charge is 2.28. The zero-order valence-electron chi connectivity index (χ0n) is 13.8. The smallest absolute Gasteiger partial charge is 0.225 e. The van der Waals surface area contributed by atoms with Crippen molar-refractivity contribution in [2.45, 2.75) is 63.8 Å². The van der Waals surface area contributed by atoms with Gasteiger partial charge in [0, 0.05) is 36.4 Å². The quantitative estimate of drug-likeness (QED) is 0.858. The first kappa shape index (κ1) is 14.4. The van der Waals surface area contributed by atoms with E-state index >= 15 is 0 Å². The van der Waals surface area contributed by atoms with Crippen molar-refractivity contribution < 1.29 is 0 Å². The molecule has 1 aliphatic carbocycles. The van der Waals surface area contributed by atoms with Crippen LogP contribution in [0.15, 0.2) is 6.07 Å². The molecular weight excluding hydrogens is 272 g/mol. The Kier molecular flexibility index (Phi) is 4.03. The van der Waals surface area contributed by atoms with Gasteiger partial charge in [-0.3, -0.25) is 0 Å². The summed E-state index contributed by atoms with van der Waals surface area (Å²) in [6.45, 7) is 6.99. The van der Waals surface area contributed by atoms with Gasteiger partial charge >= 0.3 is 0 Å². The topological polar surface area (TPSA) is 32.3 Å². The van der Waals surface area contributed by atoms with Crippen molar-refractivity contribution >= 4 is 5.95 Å². The van der Waals surface area contributed by atoms with Crippen LogP contribution in [0, 0.1) is 6.92 Å². The summed E-state index contributed by atoms with van der Waals surface area (Å²) < 4.78 is 0. The van der Waals surface area contributed by atoms with E-state index < -0.39 is 0 Å². The molecule has 4 rings (SSSR count). The van der Waals surface area contributed by atoms with Gasteiger partial charge in [-0.2, -0.15) is 0 Å². The molecule has 0 amide bonds. The molecule has 3 heterocycles. The van der Waals surface area contributed by atoms with E-state index in [4.69, 9.17) is 9.97 Å². The number of hydrogen-bond acceptors (Lipinski definition) is 4. The molecule has 0 atom stereocenters. The number of rotatable bonds is 3. The lowest BCUT2D eigenvalue weighted by molar-refractivity contribution is 0.207. The Hall–Kier alpha value is -1.16.